The zero-order chi connectivity index (χ0) is 11.7. The van der Waals surface area contributed by atoms with E-state index in [1.165, 1.54) is 0 Å². The first-order chi connectivity index (χ1) is 7.07. The number of carbonyl (C=O) groups is 2. The number of amides is 2. The van der Waals surface area contributed by atoms with Gasteiger partial charge in [-0.1, -0.05) is 0 Å². The van der Waals surface area contributed by atoms with Crippen molar-refractivity contribution in [2.24, 2.45) is 0 Å². The van der Waals surface area contributed by atoms with Crippen molar-refractivity contribution in [2.45, 2.75) is 19.9 Å². The lowest BCUT2D eigenvalue weighted by Crippen LogP contribution is -2.43. The van der Waals surface area contributed by atoms with Gasteiger partial charge in [-0.25, -0.2) is 0 Å². The second kappa shape index (κ2) is 8.19. The topological polar surface area (TPSA) is 87.7 Å². The van der Waals surface area contributed by atoms with Crippen LogP contribution >= 0.6 is 0 Å². The highest BCUT2D eigenvalue weighted by molar-refractivity contribution is 6.35. The van der Waals surface area contributed by atoms with Gasteiger partial charge in [-0.05, 0) is 13.8 Å². The highest BCUT2D eigenvalue weighted by Gasteiger charge is 2.12. The maximum absolute atomic E-state index is 11.1. The van der Waals surface area contributed by atoms with Crippen LogP contribution in [0.25, 0.3) is 0 Å². The molecule has 2 amide bonds. The number of aliphatic hydroxyl groups excluding tert-OH is 1. The second-order valence-corrected chi connectivity index (χ2v) is 3.22. The van der Waals surface area contributed by atoms with Crippen molar-refractivity contribution in [3.63, 3.8) is 0 Å². The van der Waals surface area contributed by atoms with Crippen LogP contribution in [0.2, 0.25) is 0 Å². The highest BCUT2D eigenvalue weighted by Crippen LogP contribution is 1.78. The first kappa shape index (κ1) is 13.9. The Morgan fingerprint density at radius 2 is 1.93 bits per heavy atom. The van der Waals surface area contributed by atoms with Gasteiger partial charge in [-0.15, -0.1) is 0 Å². The van der Waals surface area contributed by atoms with Gasteiger partial charge >= 0.3 is 11.8 Å². The van der Waals surface area contributed by atoms with Crippen molar-refractivity contribution in [3.8, 4) is 0 Å². The number of aliphatic hydroxyl groups is 1. The Balaban J connectivity index is 3.52. The molecule has 88 valence electrons. The van der Waals surface area contributed by atoms with E-state index in [0.717, 1.165) is 0 Å². The second-order valence-electron chi connectivity index (χ2n) is 3.22. The fourth-order valence-corrected chi connectivity index (χ4v) is 0.811. The Bertz CT molecular complexity index is 206. The van der Waals surface area contributed by atoms with Crippen LogP contribution < -0.4 is 10.6 Å². The van der Waals surface area contributed by atoms with Gasteiger partial charge in [0.1, 0.15) is 0 Å². The van der Waals surface area contributed by atoms with Crippen LogP contribution in [0, 0.1) is 0 Å². The van der Waals surface area contributed by atoms with Gasteiger partial charge in [-0.3, -0.25) is 9.59 Å². The zero-order valence-electron chi connectivity index (χ0n) is 9.08. The number of nitrogens with one attached hydrogen (secondary N) is 2. The summed E-state index contributed by atoms with van der Waals surface area (Å²) in [6.45, 7) is 4.26. The summed E-state index contributed by atoms with van der Waals surface area (Å²) in [7, 11) is 0. The third kappa shape index (κ3) is 7.90. The molecule has 6 heteroatoms. The fourth-order valence-electron chi connectivity index (χ4n) is 0.811. The summed E-state index contributed by atoms with van der Waals surface area (Å²) in [5, 5.41) is 13.2. The quantitative estimate of drug-likeness (QED) is 0.379. The SMILES string of the molecule is CC(C)NC(=O)C(=O)NCCOCCO. The van der Waals surface area contributed by atoms with Gasteiger partial charge in [-0.2, -0.15) is 0 Å². The molecule has 0 spiro atoms. The highest BCUT2D eigenvalue weighted by atomic mass is 16.5. The van der Waals surface area contributed by atoms with E-state index < -0.39 is 11.8 Å². The smallest absolute Gasteiger partial charge is 0.309 e. The zero-order valence-corrected chi connectivity index (χ0v) is 9.08. The number of carbonyl (C=O) groups excluding carboxylic acids is 2. The molecule has 3 N–H and O–H groups in total. The largest absolute Gasteiger partial charge is 0.394 e. The van der Waals surface area contributed by atoms with Crippen LogP contribution in [-0.4, -0.2) is 49.3 Å². The molecular formula is C9H18N2O4. The third-order valence-electron chi connectivity index (χ3n) is 1.39. The minimum atomic E-state index is -0.670. The molecule has 6 nitrogen and oxygen atoms in total. The normalized spacial score (nSPS) is 10.1. The van der Waals surface area contributed by atoms with Gasteiger partial charge < -0.3 is 20.5 Å². The minimum Gasteiger partial charge on any atom is -0.394 e. The standard InChI is InChI=1S/C9H18N2O4/c1-7(2)11-9(14)8(13)10-3-5-15-6-4-12/h7,12H,3-6H2,1-2H3,(H,10,13)(H,11,14). The molecule has 0 atom stereocenters. The van der Waals surface area contributed by atoms with Crippen LogP contribution in [0.4, 0.5) is 0 Å². The van der Waals surface area contributed by atoms with E-state index in [1.54, 1.807) is 13.8 Å². The summed E-state index contributed by atoms with van der Waals surface area (Å²) in [5.41, 5.74) is 0. The Morgan fingerprint density at radius 3 is 2.47 bits per heavy atom. The molecule has 0 rings (SSSR count). The Labute approximate surface area is 89.0 Å². The summed E-state index contributed by atoms with van der Waals surface area (Å²) in [6.07, 6.45) is 0. The van der Waals surface area contributed by atoms with Crippen molar-refractivity contribution >= 4 is 11.8 Å². The summed E-state index contributed by atoms with van der Waals surface area (Å²) in [4.78, 5) is 22.2. The van der Waals surface area contributed by atoms with Gasteiger partial charge in [0, 0.05) is 12.6 Å². The molecule has 0 aromatic rings. The molecule has 0 radical (unpaired) electrons. The van der Waals surface area contributed by atoms with Crippen molar-refractivity contribution in [1.82, 2.24) is 10.6 Å². The van der Waals surface area contributed by atoms with E-state index in [0.29, 0.717) is 0 Å². The fraction of sp³-hybridized carbons (Fsp3) is 0.778. The molecule has 0 saturated carbocycles. The lowest BCUT2D eigenvalue weighted by molar-refractivity contribution is -0.139. The molecular weight excluding hydrogens is 200 g/mol. The number of rotatable bonds is 6. The van der Waals surface area contributed by atoms with E-state index in [4.69, 9.17) is 9.84 Å². The van der Waals surface area contributed by atoms with E-state index in [-0.39, 0.29) is 32.4 Å². The van der Waals surface area contributed by atoms with Gasteiger partial charge in [0.25, 0.3) is 0 Å². The van der Waals surface area contributed by atoms with Crippen LogP contribution in [0.15, 0.2) is 0 Å². The Kier molecular flexibility index (Phi) is 7.57. The Morgan fingerprint density at radius 1 is 1.27 bits per heavy atom. The van der Waals surface area contributed by atoms with E-state index in [2.05, 4.69) is 10.6 Å². The predicted octanol–water partition coefficient (Wildman–Crippen LogP) is -1.36. The molecule has 0 fully saturated rings. The van der Waals surface area contributed by atoms with Crippen molar-refractivity contribution in [3.05, 3.63) is 0 Å². The summed E-state index contributed by atoms with van der Waals surface area (Å²) in [6, 6.07) is -0.0612. The van der Waals surface area contributed by atoms with Crippen LogP contribution in [0.5, 0.6) is 0 Å². The third-order valence-corrected chi connectivity index (χ3v) is 1.39. The first-order valence-corrected chi connectivity index (χ1v) is 4.85. The van der Waals surface area contributed by atoms with E-state index in [1.807, 2.05) is 0 Å². The molecule has 0 aromatic heterocycles. The molecule has 0 bridgehead atoms. The van der Waals surface area contributed by atoms with Gasteiger partial charge in [0.15, 0.2) is 0 Å². The van der Waals surface area contributed by atoms with E-state index in [9.17, 15) is 9.59 Å². The maximum Gasteiger partial charge on any atom is 0.309 e. The predicted molar refractivity (Wildman–Crippen MR) is 54.2 cm³/mol. The average Bonchev–Trinajstić information content (AvgIpc) is 2.16. The number of hydrogen-bond donors (Lipinski definition) is 3. The lowest BCUT2D eigenvalue weighted by atomic mass is 10.4. The van der Waals surface area contributed by atoms with Crippen LogP contribution in [-0.2, 0) is 14.3 Å². The van der Waals surface area contributed by atoms with Gasteiger partial charge in [0.05, 0.1) is 19.8 Å². The number of ether oxygens (including phenoxy) is 1. The molecule has 0 saturated heterocycles. The monoisotopic (exact) mass is 218 g/mol. The van der Waals surface area contributed by atoms with Crippen LogP contribution in [0.1, 0.15) is 13.8 Å². The number of hydrogen-bond acceptors (Lipinski definition) is 4. The van der Waals surface area contributed by atoms with Crippen molar-refractivity contribution < 1.29 is 19.4 Å². The van der Waals surface area contributed by atoms with Crippen LogP contribution in [0.3, 0.4) is 0 Å². The molecule has 0 heterocycles. The van der Waals surface area contributed by atoms with Crippen molar-refractivity contribution in [2.75, 3.05) is 26.4 Å². The molecule has 0 aromatic carbocycles. The van der Waals surface area contributed by atoms with E-state index >= 15 is 0 Å². The average molecular weight is 218 g/mol. The summed E-state index contributed by atoms with van der Waals surface area (Å²) >= 11 is 0. The molecule has 0 unspecified atom stereocenters. The molecule has 0 aliphatic carbocycles. The lowest BCUT2D eigenvalue weighted by Gasteiger charge is -2.08. The summed E-state index contributed by atoms with van der Waals surface area (Å²) < 4.78 is 4.90. The van der Waals surface area contributed by atoms with Gasteiger partial charge in [0.2, 0.25) is 0 Å². The van der Waals surface area contributed by atoms with Crippen molar-refractivity contribution in [1.29, 1.82) is 0 Å². The summed E-state index contributed by atoms with van der Waals surface area (Å²) in [5.74, 6) is -1.32. The first-order valence-electron chi connectivity index (χ1n) is 4.85. The molecule has 15 heavy (non-hydrogen) atoms. The maximum atomic E-state index is 11.1. The molecule has 0 aliphatic rings. The Hall–Kier alpha value is -1.14. The molecule has 0 aliphatic heterocycles. The minimum absolute atomic E-state index is 0.0538.